The van der Waals surface area contributed by atoms with E-state index in [4.69, 9.17) is 4.74 Å². The quantitative estimate of drug-likeness (QED) is 0.805. The molecule has 5 heteroatoms. The first-order chi connectivity index (χ1) is 11.6. The van der Waals surface area contributed by atoms with E-state index in [2.05, 4.69) is 6.92 Å². The average molecular weight is 332 g/mol. The van der Waals surface area contributed by atoms with Gasteiger partial charge in [-0.1, -0.05) is 25.1 Å². The largest absolute Gasteiger partial charge is 0.496 e. The van der Waals surface area contributed by atoms with Crippen LogP contribution in [0, 0.1) is 0 Å². The molecule has 0 radical (unpaired) electrons. The molecule has 1 aromatic carbocycles. The number of nitrogens with zero attached hydrogens (tertiary/aromatic N) is 2. The van der Waals surface area contributed by atoms with Crippen LogP contribution in [0.2, 0.25) is 0 Å². The zero-order valence-corrected chi connectivity index (χ0v) is 15.0. The van der Waals surface area contributed by atoms with E-state index in [9.17, 15) is 9.59 Å². The van der Waals surface area contributed by atoms with Crippen molar-refractivity contribution in [2.45, 2.75) is 52.1 Å². The maximum atomic E-state index is 12.7. The number of ether oxygens (including phenoxy) is 1. The number of hydrogen-bond acceptors (Lipinski definition) is 3. The number of benzene rings is 1. The van der Waals surface area contributed by atoms with Gasteiger partial charge in [0.25, 0.3) is 0 Å². The lowest BCUT2D eigenvalue weighted by Crippen LogP contribution is -2.48. The zero-order valence-electron chi connectivity index (χ0n) is 15.0. The predicted molar refractivity (Wildman–Crippen MR) is 93.7 cm³/mol. The van der Waals surface area contributed by atoms with Gasteiger partial charge in [0.05, 0.1) is 7.11 Å². The summed E-state index contributed by atoms with van der Waals surface area (Å²) < 4.78 is 5.35. The van der Waals surface area contributed by atoms with E-state index in [0.717, 1.165) is 37.1 Å². The van der Waals surface area contributed by atoms with Gasteiger partial charge < -0.3 is 14.5 Å². The second-order valence-electron chi connectivity index (χ2n) is 6.33. The third-order valence-electron chi connectivity index (χ3n) is 4.74. The SMILES string of the molecule is CCC1CCCCN1C(=O)CN(Cc1ccccc1OC)C(C)=O. The fourth-order valence-electron chi connectivity index (χ4n) is 3.33. The third kappa shape index (κ3) is 4.49. The molecule has 0 N–H and O–H groups in total. The van der Waals surface area contributed by atoms with Crippen molar-refractivity contribution in [1.29, 1.82) is 0 Å². The number of carbonyl (C=O) groups excluding carboxylic acids is 2. The van der Waals surface area contributed by atoms with E-state index in [0.29, 0.717) is 12.6 Å². The Labute approximate surface area is 144 Å². The minimum atomic E-state index is -0.0979. The van der Waals surface area contributed by atoms with Gasteiger partial charge in [-0.15, -0.1) is 0 Å². The van der Waals surface area contributed by atoms with Gasteiger partial charge in [0.1, 0.15) is 12.3 Å². The summed E-state index contributed by atoms with van der Waals surface area (Å²) in [6.45, 7) is 4.95. The number of hydrogen-bond donors (Lipinski definition) is 0. The van der Waals surface area contributed by atoms with Crippen LogP contribution < -0.4 is 4.74 Å². The second-order valence-corrected chi connectivity index (χ2v) is 6.33. The summed E-state index contributed by atoms with van der Waals surface area (Å²) in [7, 11) is 1.61. The minimum Gasteiger partial charge on any atom is -0.496 e. The number of piperidine rings is 1. The van der Waals surface area contributed by atoms with Crippen LogP contribution in [0.25, 0.3) is 0 Å². The third-order valence-corrected chi connectivity index (χ3v) is 4.74. The summed E-state index contributed by atoms with van der Waals surface area (Å²) >= 11 is 0. The lowest BCUT2D eigenvalue weighted by molar-refractivity contribution is -0.142. The summed E-state index contributed by atoms with van der Waals surface area (Å²) in [5.74, 6) is 0.687. The van der Waals surface area contributed by atoms with E-state index >= 15 is 0 Å². The van der Waals surface area contributed by atoms with Gasteiger partial charge in [-0.2, -0.15) is 0 Å². The topological polar surface area (TPSA) is 49.9 Å². The molecule has 1 saturated heterocycles. The summed E-state index contributed by atoms with van der Waals surface area (Å²) in [6, 6.07) is 7.91. The molecule has 1 fully saturated rings. The molecule has 1 aromatic rings. The first-order valence-electron chi connectivity index (χ1n) is 8.73. The van der Waals surface area contributed by atoms with Gasteiger partial charge in [0.2, 0.25) is 11.8 Å². The van der Waals surface area contributed by atoms with Gasteiger partial charge in [0.15, 0.2) is 0 Å². The highest BCUT2D eigenvalue weighted by atomic mass is 16.5. The summed E-state index contributed by atoms with van der Waals surface area (Å²) in [5, 5.41) is 0. The minimum absolute atomic E-state index is 0.0478. The van der Waals surface area contributed by atoms with E-state index < -0.39 is 0 Å². The molecule has 5 nitrogen and oxygen atoms in total. The maximum absolute atomic E-state index is 12.7. The summed E-state index contributed by atoms with van der Waals surface area (Å²) in [4.78, 5) is 28.3. The highest BCUT2D eigenvalue weighted by Gasteiger charge is 2.27. The van der Waals surface area contributed by atoms with Gasteiger partial charge in [-0.05, 0) is 31.7 Å². The first kappa shape index (κ1) is 18.3. The first-order valence-corrected chi connectivity index (χ1v) is 8.73. The molecular weight excluding hydrogens is 304 g/mol. The molecule has 24 heavy (non-hydrogen) atoms. The number of amides is 2. The number of rotatable bonds is 6. The normalized spacial score (nSPS) is 17.5. The van der Waals surface area contributed by atoms with Crippen molar-refractivity contribution >= 4 is 11.8 Å². The monoisotopic (exact) mass is 332 g/mol. The molecular formula is C19H28N2O3. The molecule has 0 aromatic heterocycles. The molecule has 1 aliphatic heterocycles. The van der Waals surface area contributed by atoms with Crippen molar-refractivity contribution in [3.05, 3.63) is 29.8 Å². The fraction of sp³-hybridized carbons (Fsp3) is 0.579. The van der Waals surface area contributed by atoms with Crippen molar-refractivity contribution in [2.24, 2.45) is 0 Å². The molecule has 1 heterocycles. The van der Waals surface area contributed by atoms with Gasteiger partial charge in [-0.3, -0.25) is 9.59 Å². The molecule has 0 bridgehead atoms. The average Bonchev–Trinajstić information content (AvgIpc) is 2.61. The highest BCUT2D eigenvalue weighted by Crippen LogP contribution is 2.22. The summed E-state index contributed by atoms with van der Waals surface area (Å²) in [6.07, 6.45) is 4.27. The van der Waals surface area contributed by atoms with Crippen LogP contribution in [-0.2, 0) is 16.1 Å². The Bertz CT molecular complexity index is 573. The van der Waals surface area contributed by atoms with Gasteiger partial charge in [0, 0.05) is 31.6 Å². The number of para-hydroxylation sites is 1. The standard InChI is InChI=1S/C19H28N2O3/c1-4-17-10-7-8-12-21(17)19(23)14-20(15(2)22)13-16-9-5-6-11-18(16)24-3/h5-6,9,11,17H,4,7-8,10,12-14H2,1-3H3. The van der Waals surface area contributed by atoms with Crippen LogP contribution in [0.1, 0.15) is 45.1 Å². The maximum Gasteiger partial charge on any atom is 0.242 e. The lowest BCUT2D eigenvalue weighted by atomic mass is 10.00. The summed E-state index contributed by atoms with van der Waals surface area (Å²) in [5.41, 5.74) is 0.911. The molecule has 0 saturated carbocycles. The number of carbonyl (C=O) groups is 2. The Hall–Kier alpha value is -2.04. The molecule has 0 spiro atoms. The smallest absolute Gasteiger partial charge is 0.242 e. The highest BCUT2D eigenvalue weighted by molar-refractivity contribution is 5.84. The molecule has 1 atom stereocenters. The molecule has 132 valence electrons. The van der Waals surface area contributed by atoms with E-state index in [1.807, 2.05) is 29.2 Å². The molecule has 1 aliphatic rings. The molecule has 0 aliphatic carbocycles. The van der Waals surface area contributed by atoms with Gasteiger partial charge >= 0.3 is 0 Å². The van der Waals surface area contributed by atoms with Crippen LogP contribution in [0.4, 0.5) is 0 Å². The van der Waals surface area contributed by atoms with Crippen LogP contribution in [-0.4, -0.2) is 47.9 Å². The Kier molecular flexibility index (Phi) is 6.64. The molecule has 2 amide bonds. The Morgan fingerprint density at radius 2 is 2.04 bits per heavy atom. The van der Waals surface area contributed by atoms with Crippen LogP contribution in [0.5, 0.6) is 5.75 Å². The van der Waals surface area contributed by atoms with Crippen molar-refractivity contribution in [3.8, 4) is 5.75 Å². The Morgan fingerprint density at radius 1 is 1.29 bits per heavy atom. The van der Waals surface area contributed by atoms with Crippen molar-refractivity contribution in [1.82, 2.24) is 9.80 Å². The van der Waals surface area contributed by atoms with Crippen molar-refractivity contribution < 1.29 is 14.3 Å². The second kappa shape index (κ2) is 8.71. The van der Waals surface area contributed by atoms with Crippen LogP contribution >= 0.6 is 0 Å². The van der Waals surface area contributed by atoms with Gasteiger partial charge in [-0.25, -0.2) is 0 Å². The lowest BCUT2D eigenvalue weighted by Gasteiger charge is -2.36. The van der Waals surface area contributed by atoms with Crippen LogP contribution in [0.15, 0.2) is 24.3 Å². The van der Waals surface area contributed by atoms with E-state index in [1.54, 1.807) is 12.0 Å². The van der Waals surface area contributed by atoms with E-state index in [-0.39, 0.29) is 18.4 Å². The van der Waals surface area contributed by atoms with Crippen molar-refractivity contribution in [3.63, 3.8) is 0 Å². The predicted octanol–water partition coefficient (Wildman–Crippen LogP) is 2.83. The number of methoxy groups -OCH3 is 1. The Morgan fingerprint density at radius 3 is 2.71 bits per heavy atom. The zero-order chi connectivity index (χ0) is 17.5. The number of likely N-dealkylation sites (tertiary alicyclic amines) is 1. The van der Waals surface area contributed by atoms with Crippen LogP contribution in [0.3, 0.4) is 0 Å². The van der Waals surface area contributed by atoms with Crippen molar-refractivity contribution in [2.75, 3.05) is 20.2 Å². The molecule has 1 unspecified atom stereocenters. The fourth-order valence-corrected chi connectivity index (χ4v) is 3.33. The molecule has 2 rings (SSSR count). The van der Waals surface area contributed by atoms with E-state index in [1.165, 1.54) is 13.3 Å². The Balaban J connectivity index is 2.08.